The van der Waals surface area contributed by atoms with Gasteiger partial charge in [-0.2, -0.15) is 0 Å². The van der Waals surface area contributed by atoms with Gasteiger partial charge in [0.1, 0.15) is 0 Å². The lowest BCUT2D eigenvalue weighted by Gasteiger charge is -2.01. The Balaban J connectivity index is 2.74. The van der Waals surface area contributed by atoms with Crippen molar-refractivity contribution in [2.45, 2.75) is 40.5 Å². The van der Waals surface area contributed by atoms with Crippen LogP contribution < -0.4 is 0 Å². The van der Waals surface area contributed by atoms with Gasteiger partial charge in [-0.15, -0.1) is 0 Å². The average Bonchev–Trinajstić information content (AvgIpc) is 2.63. The van der Waals surface area contributed by atoms with Crippen LogP contribution in [-0.4, -0.2) is 5.24 Å². The van der Waals surface area contributed by atoms with Crippen molar-refractivity contribution in [2.75, 3.05) is 0 Å². The zero-order valence-electron chi connectivity index (χ0n) is 9.43. The maximum Gasteiger partial charge on any atom is 0.225 e. The fourth-order valence-corrected chi connectivity index (χ4v) is 2.58. The number of carbonyl (C=O) groups is 1. The van der Waals surface area contributed by atoms with Gasteiger partial charge in [-0.1, -0.05) is 39.3 Å². The molecule has 0 aliphatic heterocycles. The van der Waals surface area contributed by atoms with Gasteiger partial charge in [0, 0.05) is 5.92 Å². The topological polar surface area (TPSA) is 17.1 Å². The van der Waals surface area contributed by atoms with E-state index in [2.05, 4.69) is 33.8 Å². The molecule has 0 amide bonds. The number of hydrogen-bond acceptors (Lipinski definition) is 1. The van der Waals surface area contributed by atoms with Gasteiger partial charge in [0.05, 0.1) is 0 Å². The van der Waals surface area contributed by atoms with Gasteiger partial charge in [0.2, 0.25) is 5.24 Å². The highest BCUT2D eigenvalue weighted by molar-refractivity contribution is 6.64. The molecule has 2 atom stereocenters. The molecule has 1 nitrogen and oxygen atoms in total. The first-order chi connectivity index (χ1) is 6.45. The molecule has 0 N–H and O–H groups in total. The fourth-order valence-electron chi connectivity index (χ4n) is 2.16. The highest BCUT2D eigenvalue weighted by Crippen LogP contribution is 2.60. The van der Waals surface area contributed by atoms with Crippen molar-refractivity contribution in [2.24, 2.45) is 17.3 Å². The van der Waals surface area contributed by atoms with Crippen LogP contribution in [0.4, 0.5) is 0 Å². The Hall–Kier alpha value is -0.300. The van der Waals surface area contributed by atoms with Gasteiger partial charge in [-0.05, 0) is 35.8 Å². The predicted molar refractivity (Wildman–Crippen MR) is 60.3 cm³/mol. The van der Waals surface area contributed by atoms with E-state index in [1.54, 1.807) is 0 Å². The Labute approximate surface area is 91.5 Å². The highest BCUT2D eigenvalue weighted by Gasteiger charge is 2.59. The first kappa shape index (κ1) is 11.8. The number of hydrogen-bond donors (Lipinski definition) is 0. The maximum absolute atomic E-state index is 11.1. The molecule has 2 heteroatoms. The predicted octanol–water partition coefficient (Wildman–Crippen LogP) is 3.77. The molecule has 1 rings (SSSR count). The molecule has 0 saturated heterocycles. The third-order valence-corrected chi connectivity index (χ3v) is 3.71. The lowest BCUT2D eigenvalue weighted by Crippen LogP contribution is -1.96. The standard InChI is InChI=1S/C12H19ClO/c1-5-8(6-2)7-9-10(11(13)14)12(9,3)4/h7,9-10H,5-6H2,1-4H3. The van der Waals surface area contributed by atoms with E-state index < -0.39 is 0 Å². The fraction of sp³-hybridized carbons (Fsp3) is 0.750. The molecular weight excluding hydrogens is 196 g/mol. The number of allylic oxidation sites excluding steroid dienone is 2. The van der Waals surface area contributed by atoms with Crippen LogP contribution in [0.15, 0.2) is 11.6 Å². The Kier molecular flexibility index (Phi) is 3.41. The molecule has 14 heavy (non-hydrogen) atoms. The van der Waals surface area contributed by atoms with Gasteiger partial charge in [-0.3, -0.25) is 4.79 Å². The summed E-state index contributed by atoms with van der Waals surface area (Å²) in [5.74, 6) is 0.402. The van der Waals surface area contributed by atoms with Crippen LogP contribution in [0.1, 0.15) is 40.5 Å². The Morgan fingerprint density at radius 1 is 1.36 bits per heavy atom. The summed E-state index contributed by atoms with van der Waals surface area (Å²) in [6, 6.07) is 0. The Bertz CT molecular complexity index is 259. The molecule has 1 saturated carbocycles. The van der Waals surface area contributed by atoms with E-state index in [1.807, 2.05) is 0 Å². The molecule has 2 unspecified atom stereocenters. The summed E-state index contributed by atoms with van der Waals surface area (Å²) in [5.41, 5.74) is 1.51. The summed E-state index contributed by atoms with van der Waals surface area (Å²) in [5, 5.41) is -0.178. The van der Waals surface area contributed by atoms with Crippen LogP contribution in [0.3, 0.4) is 0 Å². The van der Waals surface area contributed by atoms with Crippen molar-refractivity contribution in [3.8, 4) is 0 Å². The van der Waals surface area contributed by atoms with Crippen molar-refractivity contribution < 1.29 is 4.79 Å². The molecule has 0 aromatic rings. The summed E-state index contributed by atoms with van der Waals surface area (Å²) in [6.45, 7) is 8.54. The van der Waals surface area contributed by atoms with Crippen molar-refractivity contribution in [1.29, 1.82) is 0 Å². The molecule has 0 heterocycles. The van der Waals surface area contributed by atoms with E-state index in [0.717, 1.165) is 12.8 Å². The van der Waals surface area contributed by atoms with Crippen molar-refractivity contribution in [3.05, 3.63) is 11.6 Å². The first-order valence-corrected chi connectivity index (χ1v) is 5.71. The lowest BCUT2D eigenvalue weighted by molar-refractivity contribution is -0.113. The number of halogens is 1. The molecule has 0 aromatic carbocycles. The SMILES string of the molecule is CCC(=CC1C(C(=O)Cl)C1(C)C)CC. The van der Waals surface area contributed by atoms with Gasteiger partial charge in [0.15, 0.2) is 0 Å². The normalized spacial score (nSPS) is 28.4. The average molecular weight is 215 g/mol. The van der Waals surface area contributed by atoms with Crippen LogP contribution in [-0.2, 0) is 4.79 Å². The highest BCUT2D eigenvalue weighted by atomic mass is 35.5. The van der Waals surface area contributed by atoms with E-state index >= 15 is 0 Å². The Morgan fingerprint density at radius 2 is 1.86 bits per heavy atom. The second-order valence-corrected chi connectivity index (χ2v) is 5.03. The maximum atomic E-state index is 11.1. The van der Waals surface area contributed by atoms with E-state index in [1.165, 1.54) is 5.57 Å². The molecular formula is C12H19ClO. The zero-order chi connectivity index (χ0) is 10.9. The van der Waals surface area contributed by atoms with Crippen LogP contribution in [0, 0.1) is 17.3 Å². The second-order valence-electron chi connectivity index (χ2n) is 4.66. The van der Waals surface area contributed by atoms with Crippen molar-refractivity contribution in [1.82, 2.24) is 0 Å². The molecule has 1 aliphatic carbocycles. The van der Waals surface area contributed by atoms with E-state index in [9.17, 15) is 4.79 Å². The third kappa shape index (κ3) is 2.03. The smallest absolute Gasteiger partial charge is 0.225 e. The zero-order valence-corrected chi connectivity index (χ0v) is 10.2. The third-order valence-electron chi connectivity index (χ3n) is 3.48. The molecule has 0 radical (unpaired) electrons. The van der Waals surface area contributed by atoms with Gasteiger partial charge in [0.25, 0.3) is 0 Å². The minimum atomic E-state index is -0.178. The summed E-state index contributed by atoms with van der Waals surface area (Å²) in [4.78, 5) is 11.1. The van der Waals surface area contributed by atoms with Crippen LogP contribution in [0.2, 0.25) is 0 Å². The van der Waals surface area contributed by atoms with Gasteiger partial charge >= 0.3 is 0 Å². The van der Waals surface area contributed by atoms with E-state index in [0.29, 0.717) is 5.92 Å². The summed E-state index contributed by atoms with van der Waals surface area (Å²) in [7, 11) is 0. The molecule has 80 valence electrons. The second kappa shape index (κ2) is 4.06. The molecule has 0 bridgehead atoms. The summed E-state index contributed by atoms with van der Waals surface area (Å²) >= 11 is 5.56. The van der Waals surface area contributed by atoms with E-state index in [-0.39, 0.29) is 16.6 Å². The minimum absolute atomic E-state index is 0.0391. The monoisotopic (exact) mass is 214 g/mol. The van der Waals surface area contributed by atoms with Gasteiger partial charge in [-0.25, -0.2) is 0 Å². The van der Waals surface area contributed by atoms with Gasteiger partial charge < -0.3 is 0 Å². The molecule has 0 aromatic heterocycles. The largest absolute Gasteiger partial charge is 0.281 e. The number of carbonyl (C=O) groups excluding carboxylic acids is 1. The summed E-state index contributed by atoms with van der Waals surface area (Å²) in [6.07, 6.45) is 4.41. The minimum Gasteiger partial charge on any atom is -0.281 e. The van der Waals surface area contributed by atoms with Crippen LogP contribution in [0.5, 0.6) is 0 Å². The molecule has 1 aliphatic rings. The van der Waals surface area contributed by atoms with Crippen LogP contribution >= 0.6 is 11.6 Å². The lowest BCUT2D eigenvalue weighted by atomic mass is 10.0. The van der Waals surface area contributed by atoms with Crippen molar-refractivity contribution in [3.63, 3.8) is 0 Å². The number of rotatable bonds is 4. The van der Waals surface area contributed by atoms with Crippen LogP contribution in [0.25, 0.3) is 0 Å². The van der Waals surface area contributed by atoms with Crippen molar-refractivity contribution >= 4 is 16.8 Å². The molecule has 0 spiro atoms. The first-order valence-electron chi connectivity index (χ1n) is 5.34. The molecule has 1 fully saturated rings. The summed E-state index contributed by atoms with van der Waals surface area (Å²) < 4.78 is 0. The van der Waals surface area contributed by atoms with E-state index in [4.69, 9.17) is 11.6 Å². The Morgan fingerprint density at radius 3 is 2.14 bits per heavy atom. The quantitative estimate of drug-likeness (QED) is 0.514.